The van der Waals surface area contributed by atoms with E-state index in [0.29, 0.717) is 18.7 Å². The van der Waals surface area contributed by atoms with E-state index in [1.54, 1.807) is 23.4 Å². The lowest BCUT2D eigenvalue weighted by atomic mass is 10.1. The summed E-state index contributed by atoms with van der Waals surface area (Å²) in [4.78, 5) is 17.8. The third-order valence-corrected chi connectivity index (χ3v) is 2.78. The Hall–Kier alpha value is -1.93. The van der Waals surface area contributed by atoms with Gasteiger partial charge in [-0.1, -0.05) is 0 Å². The predicted molar refractivity (Wildman–Crippen MR) is 62.3 cm³/mol. The van der Waals surface area contributed by atoms with Gasteiger partial charge in [-0.25, -0.2) is 0 Å². The maximum absolute atomic E-state index is 12.2. The zero-order valence-corrected chi connectivity index (χ0v) is 9.68. The topological polar surface area (TPSA) is 69.0 Å². The fraction of sp³-hybridized carbons (Fsp3) is 0.417. The lowest BCUT2D eigenvalue weighted by Crippen LogP contribution is -2.53. The van der Waals surface area contributed by atoms with Crippen LogP contribution in [-0.2, 0) is 0 Å². The molecule has 1 saturated heterocycles. The van der Waals surface area contributed by atoms with Crippen LogP contribution in [0, 0.1) is 18.3 Å². The molecule has 1 aliphatic rings. The van der Waals surface area contributed by atoms with Crippen molar-refractivity contribution in [1.29, 1.82) is 5.26 Å². The lowest BCUT2D eigenvalue weighted by Gasteiger charge is -2.31. The number of nitrogens with one attached hydrogen (secondary N) is 1. The van der Waals surface area contributed by atoms with Gasteiger partial charge in [0.15, 0.2) is 0 Å². The van der Waals surface area contributed by atoms with Crippen LogP contribution in [0.15, 0.2) is 18.5 Å². The summed E-state index contributed by atoms with van der Waals surface area (Å²) in [7, 11) is 0. The summed E-state index contributed by atoms with van der Waals surface area (Å²) in [6.07, 6.45) is 3.25. The molecule has 17 heavy (non-hydrogen) atoms. The molecule has 0 spiro atoms. The number of amides is 1. The first-order chi connectivity index (χ1) is 8.22. The summed E-state index contributed by atoms with van der Waals surface area (Å²) in [5, 5.41) is 12.1. The molecule has 5 nitrogen and oxygen atoms in total. The van der Waals surface area contributed by atoms with E-state index in [1.807, 2.05) is 6.92 Å². The summed E-state index contributed by atoms with van der Waals surface area (Å²) in [5.74, 6) is -0.116. The van der Waals surface area contributed by atoms with Crippen LogP contribution in [0.4, 0.5) is 0 Å². The molecule has 1 N–H and O–H groups in total. The van der Waals surface area contributed by atoms with Crippen molar-refractivity contribution >= 4 is 5.91 Å². The highest BCUT2D eigenvalue weighted by atomic mass is 16.2. The maximum atomic E-state index is 12.2. The van der Waals surface area contributed by atoms with Crippen molar-refractivity contribution in [2.24, 2.45) is 0 Å². The number of hydrogen-bond donors (Lipinski definition) is 1. The maximum Gasteiger partial charge on any atom is 0.256 e. The van der Waals surface area contributed by atoms with Gasteiger partial charge in [0.25, 0.3) is 5.91 Å². The highest BCUT2D eigenvalue weighted by Crippen LogP contribution is 2.10. The second kappa shape index (κ2) is 4.93. The molecule has 1 amide bonds. The predicted octanol–water partition coefficient (Wildman–Crippen LogP) is 0.328. The Morgan fingerprint density at radius 1 is 1.65 bits per heavy atom. The molecule has 1 unspecified atom stereocenters. The van der Waals surface area contributed by atoms with Crippen LogP contribution < -0.4 is 5.32 Å². The van der Waals surface area contributed by atoms with Gasteiger partial charge in [0.05, 0.1) is 11.6 Å². The molecule has 5 heteroatoms. The molecule has 1 atom stereocenters. The molecular weight excluding hydrogens is 216 g/mol. The highest BCUT2D eigenvalue weighted by molar-refractivity contribution is 5.94. The zero-order chi connectivity index (χ0) is 12.3. The number of carbonyl (C=O) groups is 1. The summed E-state index contributed by atoms with van der Waals surface area (Å²) >= 11 is 0. The molecule has 2 heterocycles. The van der Waals surface area contributed by atoms with Crippen LogP contribution in [0.3, 0.4) is 0 Å². The minimum Gasteiger partial charge on any atom is -0.320 e. The molecule has 1 aromatic heterocycles. The van der Waals surface area contributed by atoms with Crippen molar-refractivity contribution in [2.45, 2.75) is 13.0 Å². The average Bonchev–Trinajstić information content (AvgIpc) is 2.38. The van der Waals surface area contributed by atoms with Crippen molar-refractivity contribution in [2.75, 3.05) is 19.6 Å². The van der Waals surface area contributed by atoms with Crippen LogP contribution in [0.1, 0.15) is 15.9 Å². The Bertz CT molecular complexity index is 466. The van der Waals surface area contributed by atoms with Crippen molar-refractivity contribution in [1.82, 2.24) is 15.2 Å². The first-order valence-corrected chi connectivity index (χ1v) is 5.55. The number of rotatable bonds is 1. The van der Waals surface area contributed by atoms with Crippen LogP contribution in [0.25, 0.3) is 0 Å². The molecular formula is C12H14N4O. The number of piperazine rings is 1. The highest BCUT2D eigenvalue weighted by Gasteiger charge is 2.27. The van der Waals surface area contributed by atoms with Gasteiger partial charge >= 0.3 is 0 Å². The van der Waals surface area contributed by atoms with Gasteiger partial charge in [-0.3, -0.25) is 9.78 Å². The minimum atomic E-state index is -0.392. The molecule has 1 aromatic rings. The Morgan fingerprint density at radius 2 is 2.47 bits per heavy atom. The normalized spacial score (nSPS) is 19.8. The van der Waals surface area contributed by atoms with Crippen LogP contribution in [-0.4, -0.2) is 41.5 Å². The number of nitrogens with zero attached hydrogens (tertiary/aromatic N) is 3. The average molecular weight is 230 g/mol. The molecule has 0 radical (unpaired) electrons. The monoisotopic (exact) mass is 230 g/mol. The van der Waals surface area contributed by atoms with E-state index in [9.17, 15) is 4.79 Å². The molecule has 88 valence electrons. The van der Waals surface area contributed by atoms with Crippen molar-refractivity contribution in [3.05, 3.63) is 29.6 Å². The first kappa shape index (κ1) is 11.6. The number of pyridine rings is 1. The standard InChI is InChI=1S/C12H14N4O/c1-9-4-10(7-15-6-9)12(17)16-3-2-14-8-11(16)5-13/h4,6-7,11,14H,2-3,8H2,1H3. The number of nitriles is 1. The van der Waals surface area contributed by atoms with E-state index in [-0.39, 0.29) is 5.91 Å². The van der Waals surface area contributed by atoms with E-state index < -0.39 is 6.04 Å². The van der Waals surface area contributed by atoms with Crippen molar-refractivity contribution in [3.8, 4) is 6.07 Å². The number of aryl methyl sites for hydroxylation is 1. The second-order valence-corrected chi connectivity index (χ2v) is 4.10. The minimum absolute atomic E-state index is 0.116. The molecule has 2 rings (SSSR count). The van der Waals surface area contributed by atoms with Gasteiger partial charge in [-0.15, -0.1) is 0 Å². The van der Waals surface area contributed by atoms with Crippen molar-refractivity contribution in [3.63, 3.8) is 0 Å². The van der Waals surface area contributed by atoms with E-state index in [2.05, 4.69) is 16.4 Å². The quantitative estimate of drug-likeness (QED) is 0.754. The van der Waals surface area contributed by atoms with Crippen LogP contribution >= 0.6 is 0 Å². The number of aromatic nitrogens is 1. The fourth-order valence-corrected chi connectivity index (χ4v) is 1.90. The van der Waals surface area contributed by atoms with Crippen molar-refractivity contribution < 1.29 is 4.79 Å². The summed E-state index contributed by atoms with van der Waals surface area (Å²) in [5.41, 5.74) is 1.49. The van der Waals surface area contributed by atoms with E-state index in [0.717, 1.165) is 12.1 Å². The Morgan fingerprint density at radius 3 is 3.18 bits per heavy atom. The summed E-state index contributed by atoms with van der Waals surface area (Å²) in [6.45, 7) is 3.71. The van der Waals surface area contributed by atoms with Gasteiger partial charge in [0, 0.05) is 32.0 Å². The molecule has 0 saturated carbocycles. The van der Waals surface area contributed by atoms with Crippen LogP contribution in [0.5, 0.6) is 0 Å². The SMILES string of the molecule is Cc1cncc(C(=O)N2CCNCC2C#N)c1. The summed E-state index contributed by atoms with van der Waals surface area (Å²) in [6, 6.07) is 3.55. The van der Waals surface area contributed by atoms with Gasteiger partial charge in [0.1, 0.15) is 6.04 Å². The van der Waals surface area contributed by atoms with Crippen LogP contribution in [0.2, 0.25) is 0 Å². The third-order valence-electron chi connectivity index (χ3n) is 2.78. The van der Waals surface area contributed by atoms with E-state index in [1.165, 1.54) is 0 Å². The van der Waals surface area contributed by atoms with Gasteiger partial charge in [0.2, 0.25) is 0 Å². The first-order valence-electron chi connectivity index (χ1n) is 5.55. The van der Waals surface area contributed by atoms with Gasteiger partial charge in [-0.2, -0.15) is 5.26 Å². The fourth-order valence-electron chi connectivity index (χ4n) is 1.90. The Balaban J connectivity index is 2.22. The molecule has 1 aliphatic heterocycles. The van der Waals surface area contributed by atoms with E-state index in [4.69, 9.17) is 5.26 Å². The smallest absolute Gasteiger partial charge is 0.256 e. The van der Waals surface area contributed by atoms with Gasteiger partial charge < -0.3 is 10.2 Å². The number of hydrogen-bond acceptors (Lipinski definition) is 4. The van der Waals surface area contributed by atoms with E-state index >= 15 is 0 Å². The molecule has 1 fully saturated rings. The Labute approximate surface area is 100 Å². The second-order valence-electron chi connectivity index (χ2n) is 4.10. The molecule has 0 aromatic carbocycles. The molecule has 0 bridgehead atoms. The number of carbonyl (C=O) groups excluding carboxylic acids is 1. The largest absolute Gasteiger partial charge is 0.320 e. The Kier molecular flexibility index (Phi) is 3.35. The summed E-state index contributed by atoms with van der Waals surface area (Å²) < 4.78 is 0. The van der Waals surface area contributed by atoms with Gasteiger partial charge in [-0.05, 0) is 18.6 Å². The molecule has 0 aliphatic carbocycles. The zero-order valence-electron chi connectivity index (χ0n) is 9.68. The third kappa shape index (κ3) is 2.43. The lowest BCUT2D eigenvalue weighted by molar-refractivity contribution is 0.0686.